The van der Waals surface area contributed by atoms with Crippen molar-refractivity contribution < 1.29 is 19.1 Å². The number of rotatable bonds is 10. The number of halogens is 2. The molecule has 0 radical (unpaired) electrons. The van der Waals surface area contributed by atoms with Crippen LogP contribution in [0.15, 0.2) is 18.2 Å². The van der Waals surface area contributed by atoms with Gasteiger partial charge in [-0.3, -0.25) is 4.79 Å². The van der Waals surface area contributed by atoms with E-state index < -0.39 is 23.3 Å². The Labute approximate surface area is 202 Å². The number of ether oxygens (including phenoxy) is 2. The van der Waals surface area contributed by atoms with Crippen LogP contribution in [0.2, 0.25) is 0 Å². The van der Waals surface area contributed by atoms with Gasteiger partial charge in [-0.25, -0.2) is 4.79 Å². The van der Waals surface area contributed by atoms with Crippen molar-refractivity contribution in [3.8, 4) is 0 Å². The van der Waals surface area contributed by atoms with Crippen LogP contribution in [0.1, 0.15) is 59.1 Å². The van der Waals surface area contributed by atoms with Crippen LogP contribution >= 0.6 is 23.2 Å². The van der Waals surface area contributed by atoms with E-state index in [2.05, 4.69) is 16.3 Å². The number of amides is 1. The van der Waals surface area contributed by atoms with E-state index >= 15 is 0 Å². The lowest BCUT2D eigenvalue weighted by molar-refractivity contribution is -0.155. The number of alkyl carbamates (subject to hydrolysis) is 1. The molecule has 1 amide bonds. The fourth-order valence-electron chi connectivity index (χ4n) is 3.15. The summed E-state index contributed by atoms with van der Waals surface area (Å²) in [6.07, 6.45) is -0.0770. The van der Waals surface area contributed by atoms with Crippen LogP contribution < -0.4 is 10.2 Å². The number of hydrogen-bond acceptors (Lipinski definition) is 5. The summed E-state index contributed by atoms with van der Waals surface area (Å²) in [4.78, 5) is 27.1. The zero-order valence-corrected chi connectivity index (χ0v) is 21.9. The number of hydrogen-bond donors (Lipinski definition) is 1. The lowest BCUT2D eigenvalue weighted by atomic mass is 9.98. The lowest BCUT2D eigenvalue weighted by Gasteiger charge is -2.27. The maximum absolute atomic E-state index is 12.5. The van der Waals surface area contributed by atoms with Gasteiger partial charge in [0.25, 0.3) is 0 Å². The van der Waals surface area contributed by atoms with E-state index in [4.69, 9.17) is 32.7 Å². The van der Waals surface area contributed by atoms with Gasteiger partial charge in [0.15, 0.2) is 0 Å². The van der Waals surface area contributed by atoms with Crippen LogP contribution in [-0.2, 0) is 20.7 Å². The molecule has 0 unspecified atom stereocenters. The highest BCUT2D eigenvalue weighted by Crippen LogP contribution is 2.22. The number of esters is 1. The average Bonchev–Trinajstić information content (AvgIpc) is 2.60. The Bertz CT molecular complexity index is 721. The highest BCUT2D eigenvalue weighted by atomic mass is 35.5. The number of carbonyl (C=O) groups excluding carboxylic acids is 2. The zero-order chi connectivity index (χ0) is 24.5. The number of carbonyl (C=O) groups is 2. The molecule has 1 aromatic rings. The Morgan fingerprint density at radius 2 is 1.56 bits per heavy atom. The zero-order valence-electron chi connectivity index (χ0n) is 20.4. The molecule has 0 spiro atoms. The second-order valence-corrected chi connectivity index (χ2v) is 10.6. The Morgan fingerprint density at radius 1 is 1.00 bits per heavy atom. The van der Waals surface area contributed by atoms with Crippen LogP contribution in [0.25, 0.3) is 0 Å². The molecule has 0 saturated carbocycles. The molecule has 1 N–H and O–H groups in total. The molecule has 0 bridgehead atoms. The first kappa shape index (κ1) is 28.4. The molecule has 0 heterocycles. The maximum atomic E-state index is 12.5. The monoisotopic (exact) mass is 488 g/mol. The van der Waals surface area contributed by atoms with E-state index in [1.807, 2.05) is 39.8 Å². The van der Waals surface area contributed by atoms with E-state index in [0.717, 1.165) is 16.8 Å². The molecular formula is C24H38Cl2N2O4. The fourth-order valence-corrected chi connectivity index (χ4v) is 3.55. The van der Waals surface area contributed by atoms with Crippen molar-refractivity contribution in [3.05, 3.63) is 29.3 Å². The number of anilines is 1. The first-order valence-electron chi connectivity index (χ1n) is 10.9. The first-order valence-corrected chi connectivity index (χ1v) is 12.0. The molecule has 32 heavy (non-hydrogen) atoms. The summed E-state index contributed by atoms with van der Waals surface area (Å²) >= 11 is 11.9. The van der Waals surface area contributed by atoms with E-state index in [-0.39, 0.29) is 12.4 Å². The molecule has 0 aliphatic carbocycles. The van der Waals surface area contributed by atoms with Gasteiger partial charge in [-0.15, -0.1) is 23.2 Å². The van der Waals surface area contributed by atoms with Gasteiger partial charge in [-0.2, -0.15) is 0 Å². The SMILES string of the molecule is Cc1ccc(N(CCCl)CCCl)cc1C[C@H](CC(=O)OC(C)(C)C)NC(=O)OC(C)(C)C. The van der Waals surface area contributed by atoms with Gasteiger partial charge in [0.2, 0.25) is 0 Å². The minimum absolute atomic E-state index is 0.0350. The third-order valence-corrected chi connectivity index (χ3v) is 4.77. The molecule has 0 aliphatic heterocycles. The third kappa shape index (κ3) is 11.3. The van der Waals surface area contributed by atoms with Crippen LogP contribution in [-0.4, -0.2) is 54.2 Å². The predicted octanol–water partition coefficient (Wildman–Crippen LogP) is 5.45. The number of benzene rings is 1. The Kier molecular flexibility index (Phi) is 11.1. The second-order valence-electron chi connectivity index (χ2n) is 9.81. The van der Waals surface area contributed by atoms with Gasteiger partial charge in [0.1, 0.15) is 11.2 Å². The quantitative estimate of drug-likeness (QED) is 0.350. The molecule has 0 fully saturated rings. The third-order valence-electron chi connectivity index (χ3n) is 4.43. The minimum atomic E-state index is -0.639. The van der Waals surface area contributed by atoms with E-state index in [1.54, 1.807) is 20.8 Å². The molecule has 0 aromatic heterocycles. The van der Waals surface area contributed by atoms with Gasteiger partial charge < -0.3 is 19.7 Å². The largest absolute Gasteiger partial charge is 0.460 e. The normalized spacial score (nSPS) is 12.8. The van der Waals surface area contributed by atoms with Crippen molar-refractivity contribution >= 4 is 41.0 Å². The molecule has 0 saturated heterocycles. The highest BCUT2D eigenvalue weighted by Gasteiger charge is 2.25. The summed E-state index contributed by atoms with van der Waals surface area (Å²) in [5, 5.41) is 2.85. The first-order chi connectivity index (χ1) is 14.7. The molecule has 1 atom stereocenters. The molecule has 1 rings (SSSR count). The van der Waals surface area contributed by atoms with E-state index in [9.17, 15) is 9.59 Å². The van der Waals surface area contributed by atoms with Crippen LogP contribution in [0.4, 0.5) is 10.5 Å². The fraction of sp³-hybridized carbons (Fsp3) is 0.667. The Balaban J connectivity index is 3.12. The molecule has 1 aromatic carbocycles. The van der Waals surface area contributed by atoms with Crippen LogP contribution in [0.3, 0.4) is 0 Å². The van der Waals surface area contributed by atoms with Crippen molar-refractivity contribution in [2.45, 2.75) is 78.6 Å². The predicted molar refractivity (Wildman–Crippen MR) is 132 cm³/mol. The molecule has 8 heteroatoms. The van der Waals surface area contributed by atoms with Crippen LogP contribution in [0.5, 0.6) is 0 Å². The Hall–Kier alpha value is -1.66. The summed E-state index contributed by atoms with van der Waals surface area (Å²) in [6, 6.07) is 5.64. The highest BCUT2D eigenvalue weighted by molar-refractivity contribution is 6.18. The summed E-state index contributed by atoms with van der Waals surface area (Å²) < 4.78 is 10.9. The van der Waals surface area contributed by atoms with Crippen molar-refractivity contribution in [1.29, 1.82) is 0 Å². The maximum Gasteiger partial charge on any atom is 0.407 e. The van der Waals surface area contributed by atoms with Crippen molar-refractivity contribution in [3.63, 3.8) is 0 Å². The van der Waals surface area contributed by atoms with E-state index in [0.29, 0.717) is 31.3 Å². The van der Waals surface area contributed by atoms with Gasteiger partial charge in [0, 0.05) is 36.6 Å². The van der Waals surface area contributed by atoms with Gasteiger partial charge >= 0.3 is 12.1 Å². The van der Waals surface area contributed by atoms with Crippen molar-refractivity contribution in [2.75, 3.05) is 29.7 Å². The number of nitrogens with zero attached hydrogens (tertiary/aromatic N) is 1. The summed E-state index contributed by atoms with van der Waals surface area (Å²) in [6.45, 7) is 14.2. The van der Waals surface area contributed by atoms with Gasteiger partial charge in [-0.05, 0) is 78.1 Å². The summed E-state index contributed by atoms with van der Waals surface area (Å²) in [5.41, 5.74) is 1.83. The summed E-state index contributed by atoms with van der Waals surface area (Å²) in [7, 11) is 0. The molecule has 182 valence electrons. The molecule has 6 nitrogen and oxygen atoms in total. The van der Waals surface area contributed by atoms with Crippen LogP contribution in [0, 0.1) is 6.92 Å². The number of alkyl halides is 2. The number of nitrogens with one attached hydrogen (secondary N) is 1. The second kappa shape index (κ2) is 12.5. The van der Waals surface area contributed by atoms with E-state index in [1.165, 1.54) is 0 Å². The topological polar surface area (TPSA) is 67.9 Å². The number of aryl methyl sites for hydroxylation is 1. The van der Waals surface area contributed by atoms with Crippen molar-refractivity contribution in [1.82, 2.24) is 5.32 Å². The van der Waals surface area contributed by atoms with Gasteiger partial charge in [0.05, 0.1) is 6.42 Å². The van der Waals surface area contributed by atoms with Crippen molar-refractivity contribution in [2.24, 2.45) is 0 Å². The molecular weight excluding hydrogens is 451 g/mol. The minimum Gasteiger partial charge on any atom is -0.460 e. The standard InChI is InChI=1S/C24H38Cl2N2O4/c1-17-8-9-20(28(12-10-25)13-11-26)15-18(17)14-19(16-21(29)31-23(2,3)4)27-22(30)32-24(5,6)7/h8-9,15,19H,10-14,16H2,1-7H3,(H,27,30)/t19-/m1/s1. The average molecular weight is 489 g/mol. The van der Waals surface area contributed by atoms with Gasteiger partial charge in [-0.1, -0.05) is 6.07 Å². The molecule has 0 aliphatic rings. The Morgan fingerprint density at radius 3 is 2.06 bits per heavy atom. The summed E-state index contributed by atoms with van der Waals surface area (Å²) in [5.74, 6) is 0.599. The lowest BCUT2D eigenvalue weighted by Crippen LogP contribution is -2.42. The smallest absolute Gasteiger partial charge is 0.407 e.